The van der Waals surface area contributed by atoms with Crippen molar-refractivity contribution in [3.8, 4) is 5.75 Å². The highest BCUT2D eigenvalue weighted by atomic mass is 35.5. The number of nitro benzene ring substituents is 1. The summed E-state index contributed by atoms with van der Waals surface area (Å²) < 4.78 is 18.9. The zero-order valence-electron chi connectivity index (χ0n) is 16.8. The van der Waals surface area contributed by atoms with Crippen molar-refractivity contribution in [3.05, 3.63) is 104 Å². The number of hydrogen-bond donors (Lipinski definition) is 1. The highest BCUT2D eigenvalue weighted by Gasteiger charge is 2.25. The number of carbonyl (C=O) groups excluding carboxylic acids is 1. The predicted octanol–water partition coefficient (Wildman–Crippen LogP) is 5.86. The first-order valence-electron chi connectivity index (χ1n) is 9.59. The molecule has 1 heterocycles. The second-order valence-corrected chi connectivity index (χ2v) is 8.27. The number of thioether (sulfide) groups is 1. The van der Waals surface area contributed by atoms with E-state index in [0.717, 1.165) is 17.3 Å². The van der Waals surface area contributed by atoms with E-state index in [4.69, 9.17) is 16.3 Å². The van der Waals surface area contributed by atoms with E-state index < -0.39 is 10.8 Å². The topological polar surface area (TPSA) is 93.8 Å². The molecule has 33 heavy (non-hydrogen) atoms. The van der Waals surface area contributed by atoms with Gasteiger partial charge in [-0.15, -0.1) is 0 Å². The van der Waals surface area contributed by atoms with Gasteiger partial charge in [0.2, 0.25) is 0 Å². The third-order valence-electron chi connectivity index (χ3n) is 4.52. The Hall–Kier alpha value is -3.69. The van der Waals surface area contributed by atoms with Gasteiger partial charge in [0, 0.05) is 17.7 Å². The van der Waals surface area contributed by atoms with Crippen molar-refractivity contribution in [1.82, 2.24) is 5.32 Å². The Balaban J connectivity index is 1.61. The summed E-state index contributed by atoms with van der Waals surface area (Å²) in [7, 11) is 0. The van der Waals surface area contributed by atoms with Crippen LogP contribution in [0.5, 0.6) is 5.75 Å². The summed E-state index contributed by atoms with van der Waals surface area (Å²) in [5.74, 6) is -0.429. The van der Waals surface area contributed by atoms with Crippen LogP contribution in [0, 0.1) is 15.9 Å². The molecular weight excluding hydrogens is 469 g/mol. The number of ether oxygens (including phenoxy) is 1. The van der Waals surface area contributed by atoms with E-state index in [1.54, 1.807) is 36.4 Å². The summed E-state index contributed by atoms with van der Waals surface area (Å²) in [5.41, 5.74) is 1.42. The van der Waals surface area contributed by atoms with Crippen LogP contribution in [0.25, 0.3) is 6.08 Å². The van der Waals surface area contributed by atoms with E-state index >= 15 is 0 Å². The number of nitrogens with one attached hydrogen (secondary N) is 1. The average Bonchev–Trinajstić information content (AvgIpc) is 3.14. The summed E-state index contributed by atoms with van der Waals surface area (Å²) in [4.78, 5) is 27.8. The Morgan fingerprint density at radius 3 is 2.64 bits per heavy atom. The maximum atomic E-state index is 13.1. The van der Waals surface area contributed by atoms with Crippen molar-refractivity contribution in [2.45, 2.75) is 6.61 Å². The zero-order chi connectivity index (χ0) is 23.4. The van der Waals surface area contributed by atoms with E-state index in [1.807, 2.05) is 0 Å². The molecule has 0 aliphatic carbocycles. The molecule has 3 aromatic rings. The highest BCUT2D eigenvalue weighted by molar-refractivity contribution is 8.18. The number of nitro groups is 1. The molecule has 1 N–H and O–H groups in total. The van der Waals surface area contributed by atoms with E-state index in [9.17, 15) is 19.3 Å². The summed E-state index contributed by atoms with van der Waals surface area (Å²) in [6.45, 7) is 0.118. The van der Waals surface area contributed by atoms with Gasteiger partial charge in [-0.3, -0.25) is 14.9 Å². The van der Waals surface area contributed by atoms with Crippen molar-refractivity contribution in [3.63, 3.8) is 0 Å². The Labute approximate surface area is 197 Å². The molecule has 0 radical (unpaired) electrons. The minimum atomic E-state index is -0.530. The lowest BCUT2D eigenvalue weighted by molar-refractivity contribution is -0.384. The normalized spacial score (nSPS) is 15.6. The number of nitrogens with zero attached hydrogens (tertiary/aromatic N) is 2. The third kappa shape index (κ3) is 5.57. The third-order valence-corrected chi connectivity index (χ3v) is 5.75. The molecule has 1 saturated heterocycles. The lowest BCUT2D eigenvalue weighted by Crippen LogP contribution is -2.19. The molecule has 166 valence electrons. The molecule has 10 heteroatoms. The minimum absolute atomic E-state index is 0.118. The Bertz CT molecular complexity index is 1300. The van der Waals surface area contributed by atoms with Gasteiger partial charge in [0.05, 0.1) is 20.5 Å². The van der Waals surface area contributed by atoms with Crippen LogP contribution in [0.15, 0.2) is 76.6 Å². The van der Waals surface area contributed by atoms with Gasteiger partial charge in [-0.25, -0.2) is 9.38 Å². The number of amidine groups is 1. The van der Waals surface area contributed by atoms with Crippen molar-refractivity contribution in [2.24, 2.45) is 4.99 Å². The van der Waals surface area contributed by atoms with Crippen molar-refractivity contribution in [2.75, 3.05) is 0 Å². The molecule has 7 nitrogen and oxygen atoms in total. The highest BCUT2D eigenvalue weighted by Crippen LogP contribution is 2.34. The molecule has 4 rings (SSSR count). The van der Waals surface area contributed by atoms with Crippen molar-refractivity contribution < 1.29 is 18.8 Å². The van der Waals surface area contributed by atoms with Gasteiger partial charge >= 0.3 is 0 Å². The smallest absolute Gasteiger partial charge is 0.270 e. The van der Waals surface area contributed by atoms with E-state index in [1.165, 1.54) is 36.4 Å². The first-order chi connectivity index (χ1) is 15.9. The van der Waals surface area contributed by atoms with E-state index in [-0.39, 0.29) is 23.0 Å². The SMILES string of the molecule is O=C1NC(=Nc2ccccc2Cl)S/C1=C/c1cc([N+](=O)[O-])ccc1OCc1ccc(F)cc1. The first kappa shape index (κ1) is 22.5. The molecular formula is C23H15ClFN3O4S. The maximum absolute atomic E-state index is 13.1. The largest absolute Gasteiger partial charge is 0.488 e. The minimum Gasteiger partial charge on any atom is -0.488 e. The second kappa shape index (κ2) is 9.85. The fourth-order valence-electron chi connectivity index (χ4n) is 2.91. The lowest BCUT2D eigenvalue weighted by Gasteiger charge is -2.10. The Kier molecular flexibility index (Phi) is 6.71. The van der Waals surface area contributed by atoms with Gasteiger partial charge < -0.3 is 10.1 Å². The Morgan fingerprint density at radius 1 is 1.15 bits per heavy atom. The van der Waals surface area contributed by atoms with Gasteiger partial charge in [-0.2, -0.15) is 0 Å². The van der Waals surface area contributed by atoms with Crippen LogP contribution in [-0.2, 0) is 11.4 Å². The van der Waals surface area contributed by atoms with E-state index in [0.29, 0.717) is 27.2 Å². The number of para-hydroxylation sites is 1. The van der Waals surface area contributed by atoms with Gasteiger partial charge in [0.25, 0.3) is 11.6 Å². The molecule has 0 bridgehead atoms. The fraction of sp³-hybridized carbons (Fsp3) is 0.0435. The standard InChI is InChI=1S/C23H15ClFN3O4S/c24-18-3-1-2-4-19(18)26-23-27-22(29)21(33-23)12-15-11-17(28(30)31)9-10-20(15)32-13-14-5-7-16(25)8-6-14/h1-12H,13H2,(H,26,27,29)/b21-12+. The Morgan fingerprint density at radius 2 is 1.91 bits per heavy atom. The van der Waals surface area contributed by atoms with Crippen molar-refractivity contribution in [1.29, 1.82) is 0 Å². The number of halogens is 2. The lowest BCUT2D eigenvalue weighted by atomic mass is 10.1. The second-order valence-electron chi connectivity index (χ2n) is 6.83. The molecule has 0 atom stereocenters. The predicted molar refractivity (Wildman–Crippen MR) is 126 cm³/mol. The molecule has 0 aromatic heterocycles. The molecule has 3 aromatic carbocycles. The number of hydrogen-bond acceptors (Lipinski definition) is 6. The average molecular weight is 484 g/mol. The number of amides is 1. The molecule has 1 aliphatic heterocycles. The van der Waals surface area contributed by atoms with Gasteiger partial charge in [-0.05, 0) is 53.7 Å². The first-order valence-corrected chi connectivity index (χ1v) is 10.8. The molecule has 1 amide bonds. The number of carbonyl (C=O) groups is 1. The summed E-state index contributed by atoms with van der Waals surface area (Å²) >= 11 is 7.20. The van der Waals surface area contributed by atoms with Gasteiger partial charge in [-0.1, -0.05) is 35.9 Å². The number of rotatable bonds is 6. The van der Waals surface area contributed by atoms with Gasteiger partial charge in [0.1, 0.15) is 18.2 Å². The van der Waals surface area contributed by atoms with Crippen LogP contribution < -0.4 is 10.1 Å². The zero-order valence-corrected chi connectivity index (χ0v) is 18.4. The molecule has 0 saturated carbocycles. The summed E-state index contributed by atoms with van der Waals surface area (Å²) in [5, 5.41) is 14.7. The van der Waals surface area contributed by atoms with Crippen LogP contribution in [-0.4, -0.2) is 16.0 Å². The van der Waals surface area contributed by atoms with Crippen LogP contribution in [0.2, 0.25) is 5.02 Å². The molecule has 0 spiro atoms. The van der Waals surface area contributed by atoms with Crippen LogP contribution in [0.1, 0.15) is 11.1 Å². The number of aliphatic imine (C=N–C) groups is 1. The maximum Gasteiger partial charge on any atom is 0.270 e. The van der Waals surface area contributed by atoms with Crippen LogP contribution >= 0.6 is 23.4 Å². The quantitative estimate of drug-likeness (QED) is 0.269. The number of benzene rings is 3. The van der Waals surface area contributed by atoms with Gasteiger partial charge in [0.15, 0.2) is 5.17 Å². The fourth-order valence-corrected chi connectivity index (χ4v) is 3.91. The summed E-state index contributed by atoms with van der Waals surface area (Å²) in [6, 6.07) is 16.8. The van der Waals surface area contributed by atoms with Crippen molar-refractivity contribution >= 4 is 51.9 Å². The molecule has 1 fully saturated rings. The molecule has 1 aliphatic rings. The summed E-state index contributed by atoms with van der Waals surface area (Å²) in [6.07, 6.45) is 1.50. The van der Waals surface area contributed by atoms with E-state index in [2.05, 4.69) is 10.3 Å². The van der Waals surface area contributed by atoms with Crippen LogP contribution in [0.4, 0.5) is 15.8 Å². The van der Waals surface area contributed by atoms with Crippen LogP contribution in [0.3, 0.4) is 0 Å². The number of non-ortho nitro benzene ring substituents is 1. The monoisotopic (exact) mass is 483 g/mol. The molecule has 0 unspecified atom stereocenters.